The van der Waals surface area contributed by atoms with Gasteiger partial charge in [0.1, 0.15) is 5.82 Å². The summed E-state index contributed by atoms with van der Waals surface area (Å²) < 4.78 is 32.2. The first-order valence-corrected chi connectivity index (χ1v) is 9.66. The molecule has 0 unspecified atom stereocenters. The molecule has 1 amide bonds. The van der Waals surface area contributed by atoms with Gasteiger partial charge in [-0.3, -0.25) is 4.79 Å². The largest absolute Gasteiger partial charge is 0.504 e. The molecule has 0 bridgehead atoms. The summed E-state index contributed by atoms with van der Waals surface area (Å²) >= 11 is 0. The van der Waals surface area contributed by atoms with Crippen molar-refractivity contribution in [3.05, 3.63) is 65.2 Å². The van der Waals surface area contributed by atoms with Crippen molar-refractivity contribution in [3.8, 4) is 5.75 Å². The number of phenols is 1. The average molecular weight is 405 g/mol. The molecule has 156 valence electrons. The zero-order valence-corrected chi connectivity index (χ0v) is 16.0. The number of rotatable bonds is 7. The molecule has 7 heteroatoms. The van der Waals surface area contributed by atoms with Crippen molar-refractivity contribution in [2.45, 2.75) is 37.9 Å². The van der Waals surface area contributed by atoms with E-state index in [-0.39, 0.29) is 23.8 Å². The zero-order valence-electron chi connectivity index (χ0n) is 16.0. The lowest BCUT2D eigenvalue weighted by molar-refractivity contribution is -0.0239. The second-order valence-corrected chi connectivity index (χ2v) is 7.63. The lowest BCUT2D eigenvalue weighted by atomic mass is 9.79. The fourth-order valence-corrected chi connectivity index (χ4v) is 3.57. The third kappa shape index (κ3) is 5.74. The topological polar surface area (TPSA) is 78.8 Å². The summed E-state index contributed by atoms with van der Waals surface area (Å²) in [5, 5.41) is 22.9. The Bertz CT molecular complexity index is 850. The Morgan fingerprint density at radius 1 is 1.17 bits per heavy atom. The van der Waals surface area contributed by atoms with Crippen LogP contribution in [0.5, 0.6) is 5.75 Å². The van der Waals surface area contributed by atoms with Gasteiger partial charge in [0.05, 0.1) is 17.8 Å². The van der Waals surface area contributed by atoms with E-state index in [1.54, 1.807) is 6.07 Å². The Morgan fingerprint density at radius 2 is 1.90 bits per heavy atom. The number of carbonyl (C=O) groups excluding carboxylic acids is 1. The highest BCUT2D eigenvalue weighted by atomic mass is 19.1. The van der Waals surface area contributed by atoms with E-state index in [1.165, 1.54) is 24.3 Å². The van der Waals surface area contributed by atoms with Gasteiger partial charge in [-0.25, -0.2) is 8.78 Å². The maximum absolute atomic E-state index is 13.4. The summed E-state index contributed by atoms with van der Waals surface area (Å²) in [4.78, 5) is 12.2. The molecule has 3 N–H and O–H groups in total. The van der Waals surface area contributed by atoms with Crippen LogP contribution in [0.1, 0.15) is 41.6 Å². The van der Waals surface area contributed by atoms with E-state index in [0.29, 0.717) is 26.1 Å². The normalized spacial score (nSPS) is 21.7. The van der Waals surface area contributed by atoms with Gasteiger partial charge in [0.2, 0.25) is 0 Å². The van der Waals surface area contributed by atoms with Crippen molar-refractivity contribution >= 4 is 5.91 Å². The third-order valence-corrected chi connectivity index (χ3v) is 5.36. The molecule has 1 aliphatic rings. The number of aromatic hydroxyl groups is 1. The maximum atomic E-state index is 13.4. The average Bonchev–Trinajstić information content (AvgIpc) is 2.70. The van der Waals surface area contributed by atoms with Gasteiger partial charge in [0, 0.05) is 13.2 Å². The molecule has 5 nitrogen and oxygen atoms in total. The van der Waals surface area contributed by atoms with Crippen LogP contribution < -0.4 is 5.32 Å². The smallest absolute Gasteiger partial charge is 0.255 e. The predicted octanol–water partition coefficient (Wildman–Crippen LogP) is 3.54. The number of para-hydroxylation sites is 1. The molecule has 0 atom stereocenters. The molecule has 3 rings (SSSR count). The Kier molecular flexibility index (Phi) is 6.82. The molecule has 1 saturated carbocycles. The lowest BCUT2D eigenvalue weighted by Crippen LogP contribution is -2.45. The first-order valence-electron chi connectivity index (χ1n) is 9.66. The number of amides is 1. The number of benzene rings is 2. The van der Waals surface area contributed by atoms with Crippen LogP contribution in [0.25, 0.3) is 0 Å². The fraction of sp³-hybridized carbons (Fsp3) is 0.409. The van der Waals surface area contributed by atoms with Crippen molar-refractivity contribution in [2.24, 2.45) is 5.92 Å². The van der Waals surface area contributed by atoms with E-state index in [4.69, 9.17) is 4.74 Å². The molecule has 0 saturated heterocycles. The van der Waals surface area contributed by atoms with Gasteiger partial charge in [-0.05, 0) is 61.4 Å². The fourth-order valence-electron chi connectivity index (χ4n) is 3.57. The van der Waals surface area contributed by atoms with Gasteiger partial charge in [-0.2, -0.15) is 0 Å². The number of halogens is 2. The van der Waals surface area contributed by atoms with Gasteiger partial charge in [-0.1, -0.05) is 18.2 Å². The van der Waals surface area contributed by atoms with Gasteiger partial charge in [-0.15, -0.1) is 0 Å². The monoisotopic (exact) mass is 405 g/mol. The summed E-state index contributed by atoms with van der Waals surface area (Å²) in [7, 11) is 0. The summed E-state index contributed by atoms with van der Waals surface area (Å²) in [5.74, 6) is -2.20. The zero-order chi connectivity index (χ0) is 20.9. The Morgan fingerprint density at radius 3 is 2.62 bits per heavy atom. The number of aliphatic hydroxyl groups is 1. The van der Waals surface area contributed by atoms with E-state index >= 15 is 0 Å². The minimum absolute atomic E-state index is 0.0264. The van der Waals surface area contributed by atoms with Crippen LogP contribution in [0.2, 0.25) is 0 Å². The van der Waals surface area contributed by atoms with Crippen LogP contribution in [0.15, 0.2) is 42.5 Å². The summed E-state index contributed by atoms with van der Waals surface area (Å²) in [6.45, 7) is 0.889. The SMILES string of the molecule is O=C(NCC1(O)CCC(COCc2cccc(F)c2)CC1)c1cccc(F)c1O. The highest BCUT2D eigenvalue weighted by molar-refractivity contribution is 5.96. The number of nitrogens with one attached hydrogen (secondary N) is 1. The van der Waals surface area contributed by atoms with Crippen molar-refractivity contribution in [2.75, 3.05) is 13.2 Å². The van der Waals surface area contributed by atoms with Crippen LogP contribution in [0.3, 0.4) is 0 Å². The van der Waals surface area contributed by atoms with Gasteiger partial charge < -0.3 is 20.3 Å². The first kappa shape index (κ1) is 21.2. The second-order valence-electron chi connectivity index (χ2n) is 7.63. The van der Waals surface area contributed by atoms with Crippen LogP contribution >= 0.6 is 0 Å². The molecule has 0 spiro atoms. The minimum atomic E-state index is -1.04. The van der Waals surface area contributed by atoms with E-state index in [2.05, 4.69) is 5.32 Å². The number of ether oxygens (including phenoxy) is 1. The highest BCUT2D eigenvalue weighted by Crippen LogP contribution is 2.32. The minimum Gasteiger partial charge on any atom is -0.504 e. The van der Waals surface area contributed by atoms with Crippen LogP contribution in [0, 0.1) is 17.6 Å². The van der Waals surface area contributed by atoms with Crippen molar-refractivity contribution < 1.29 is 28.5 Å². The summed E-state index contributed by atoms with van der Waals surface area (Å²) in [5.41, 5.74) is -0.425. The van der Waals surface area contributed by atoms with Gasteiger partial charge in [0.25, 0.3) is 5.91 Å². The first-order chi connectivity index (χ1) is 13.9. The van der Waals surface area contributed by atoms with E-state index in [0.717, 1.165) is 24.5 Å². The molecule has 0 aromatic heterocycles. The quantitative estimate of drug-likeness (QED) is 0.658. The van der Waals surface area contributed by atoms with Gasteiger partial charge >= 0.3 is 0 Å². The van der Waals surface area contributed by atoms with Crippen molar-refractivity contribution in [3.63, 3.8) is 0 Å². The molecule has 1 aliphatic carbocycles. The van der Waals surface area contributed by atoms with Gasteiger partial charge in [0.15, 0.2) is 11.6 Å². The Labute approximate surface area is 168 Å². The molecule has 29 heavy (non-hydrogen) atoms. The highest BCUT2D eigenvalue weighted by Gasteiger charge is 2.33. The molecule has 2 aromatic rings. The molecule has 1 fully saturated rings. The van der Waals surface area contributed by atoms with Crippen LogP contribution in [0.4, 0.5) is 8.78 Å². The summed E-state index contributed by atoms with van der Waals surface area (Å²) in [6.07, 6.45) is 2.47. The number of hydrogen-bond donors (Lipinski definition) is 3. The third-order valence-electron chi connectivity index (χ3n) is 5.36. The van der Waals surface area contributed by atoms with Crippen LogP contribution in [-0.4, -0.2) is 34.9 Å². The Hall–Kier alpha value is -2.51. The van der Waals surface area contributed by atoms with Crippen LogP contribution in [-0.2, 0) is 11.3 Å². The Balaban J connectivity index is 1.42. The number of hydrogen-bond acceptors (Lipinski definition) is 4. The lowest BCUT2D eigenvalue weighted by Gasteiger charge is -2.36. The van der Waals surface area contributed by atoms with Crippen molar-refractivity contribution in [1.29, 1.82) is 0 Å². The molecule has 0 heterocycles. The summed E-state index contributed by atoms with van der Waals surface area (Å²) in [6, 6.07) is 10.0. The van der Waals surface area contributed by atoms with E-state index in [1.807, 2.05) is 6.07 Å². The molecule has 0 radical (unpaired) electrons. The molecular weight excluding hydrogens is 380 g/mol. The second kappa shape index (κ2) is 9.33. The van der Waals surface area contributed by atoms with E-state index in [9.17, 15) is 23.8 Å². The number of carbonyl (C=O) groups is 1. The molecule has 2 aromatic carbocycles. The van der Waals surface area contributed by atoms with E-state index < -0.39 is 23.1 Å². The number of phenolic OH excluding ortho intramolecular Hbond substituents is 1. The standard InChI is InChI=1S/C22H25F2NO4/c23-17-4-1-3-16(11-17)13-29-12-15-7-9-22(28,10-8-15)14-25-21(27)18-5-2-6-19(24)20(18)26/h1-6,11,15,26,28H,7-10,12-14H2,(H,25,27). The van der Waals surface area contributed by atoms with Crippen molar-refractivity contribution in [1.82, 2.24) is 5.32 Å². The molecule has 0 aliphatic heterocycles. The maximum Gasteiger partial charge on any atom is 0.255 e. The predicted molar refractivity (Wildman–Crippen MR) is 103 cm³/mol. The molecular formula is C22H25F2NO4.